The molecule has 0 bridgehead atoms. The van der Waals surface area contributed by atoms with Gasteiger partial charge in [-0.15, -0.1) is 0 Å². The van der Waals surface area contributed by atoms with Crippen molar-refractivity contribution in [2.45, 2.75) is 12.1 Å². The van der Waals surface area contributed by atoms with Crippen molar-refractivity contribution in [2.24, 2.45) is 0 Å². The van der Waals surface area contributed by atoms with E-state index in [4.69, 9.17) is 9.15 Å². The third-order valence-corrected chi connectivity index (χ3v) is 4.96. The Morgan fingerprint density at radius 3 is 2.71 bits per heavy atom. The van der Waals surface area contributed by atoms with Gasteiger partial charge in [0.2, 0.25) is 11.3 Å². The van der Waals surface area contributed by atoms with Crippen LogP contribution < -0.4 is 15.4 Å². The number of rotatable bonds is 4. The van der Waals surface area contributed by atoms with Crippen molar-refractivity contribution >= 4 is 23.8 Å². The number of urea groups is 1. The molecule has 1 atom stereocenters. The molecular formula is C21H17N3O7. The zero-order chi connectivity index (χ0) is 22.2. The Hall–Kier alpha value is -4.26. The summed E-state index contributed by atoms with van der Waals surface area (Å²) < 4.78 is 15.0. The second kappa shape index (κ2) is 7.53. The van der Waals surface area contributed by atoms with Crippen LogP contribution in [0.1, 0.15) is 32.2 Å². The minimum absolute atomic E-state index is 0.0557. The van der Waals surface area contributed by atoms with Gasteiger partial charge in [0.1, 0.15) is 5.75 Å². The van der Waals surface area contributed by atoms with Crippen LogP contribution in [0.25, 0.3) is 0 Å². The smallest absolute Gasteiger partial charge is 0.374 e. The molecule has 4 rings (SSSR count). The number of carbonyl (C=O) groups is 4. The fourth-order valence-corrected chi connectivity index (χ4v) is 3.40. The average Bonchev–Trinajstić information content (AvgIpc) is 3.43. The van der Waals surface area contributed by atoms with Crippen LogP contribution in [0.5, 0.6) is 5.75 Å². The Labute approximate surface area is 176 Å². The van der Waals surface area contributed by atoms with Crippen LogP contribution in [-0.2, 0) is 16.1 Å². The summed E-state index contributed by atoms with van der Waals surface area (Å²) in [5.74, 6) is 4.25. The molecule has 1 aromatic heterocycles. The largest absolute Gasteiger partial charge is 0.497 e. The van der Waals surface area contributed by atoms with E-state index in [-0.39, 0.29) is 30.5 Å². The van der Waals surface area contributed by atoms with Crippen molar-refractivity contribution in [1.29, 1.82) is 0 Å². The molecule has 0 spiro atoms. The molecular weight excluding hydrogens is 406 g/mol. The Balaban J connectivity index is 1.62. The van der Waals surface area contributed by atoms with Gasteiger partial charge in [-0.25, -0.2) is 9.59 Å². The van der Waals surface area contributed by atoms with Gasteiger partial charge in [0.15, 0.2) is 5.76 Å². The van der Waals surface area contributed by atoms with E-state index in [0.717, 1.165) is 5.56 Å². The second-order valence-electron chi connectivity index (χ2n) is 6.90. The first-order chi connectivity index (χ1) is 14.8. The summed E-state index contributed by atoms with van der Waals surface area (Å²) in [7, 11) is 2.71. The van der Waals surface area contributed by atoms with Crippen molar-refractivity contribution < 1.29 is 33.1 Å². The Morgan fingerprint density at radius 2 is 2.03 bits per heavy atom. The standard InChI is InChI=1S/C21H17N3O7/c1-29-14-4-3-12-10-24(17(25)15(12)9-14)11-21(19(27)22-20(28)23-21)8-7-13-5-6-16(31-13)18(26)30-2/h3-6,9H,10-11H2,1-2H3,(H2,22,23,27,28)/t21-/m1/s1. The fraction of sp³-hybridized carbons (Fsp3) is 0.238. The Morgan fingerprint density at radius 1 is 1.23 bits per heavy atom. The van der Waals surface area contributed by atoms with Crippen LogP contribution in [0.4, 0.5) is 4.79 Å². The summed E-state index contributed by atoms with van der Waals surface area (Å²) in [6.45, 7) is 0.0654. The minimum atomic E-state index is -1.68. The molecule has 158 valence electrons. The number of benzene rings is 1. The van der Waals surface area contributed by atoms with Gasteiger partial charge in [-0.3, -0.25) is 14.9 Å². The number of fused-ring (bicyclic) bond motifs is 1. The maximum absolute atomic E-state index is 12.9. The van der Waals surface area contributed by atoms with E-state index in [9.17, 15) is 19.2 Å². The number of furan rings is 1. The SMILES string of the molecule is COC(=O)c1ccc(C#C[C@]2(CN3Cc4ccc(OC)cc4C3=O)NC(=O)NC2=O)o1. The van der Waals surface area contributed by atoms with E-state index >= 15 is 0 Å². The lowest BCUT2D eigenvalue weighted by atomic mass is 9.99. The molecule has 2 N–H and O–H groups in total. The van der Waals surface area contributed by atoms with Crippen LogP contribution in [0.3, 0.4) is 0 Å². The Kier molecular flexibility index (Phi) is 4.87. The molecule has 0 aliphatic carbocycles. The minimum Gasteiger partial charge on any atom is -0.497 e. The molecule has 2 aliphatic rings. The van der Waals surface area contributed by atoms with Crippen LogP contribution in [0.2, 0.25) is 0 Å². The van der Waals surface area contributed by atoms with Crippen molar-refractivity contribution in [3.05, 3.63) is 53.0 Å². The molecule has 0 unspecified atom stereocenters. The van der Waals surface area contributed by atoms with E-state index in [1.165, 1.54) is 31.3 Å². The van der Waals surface area contributed by atoms with Gasteiger partial charge >= 0.3 is 12.0 Å². The first-order valence-electron chi connectivity index (χ1n) is 9.16. The quantitative estimate of drug-likeness (QED) is 0.420. The number of esters is 1. The highest BCUT2D eigenvalue weighted by Gasteiger charge is 2.48. The van der Waals surface area contributed by atoms with Gasteiger partial charge in [-0.05, 0) is 35.7 Å². The van der Waals surface area contributed by atoms with E-state index < -0.39 is 23.4 Å². The van der Waals surface area contributed by atoms with E-state index in [1.807, 2.05) is 0 Å². The number of hydrogen-bond acceptors (Lipinski definition) is 7. The molecule has 2 aromatic rings. The van der Waals surface area contributed by atoms with Crippen LogP contribution in [-0.4, -0.2) is 55.0 Å². The Bertz CT molecular complexity index is 1170. The van der Waals surface area contributed by atoms with Crippen molar-refractivity contribution in [2.75, 3.05) is 20.8 Å². The van der Waals surface area contributed by atoms with Gasteiger partial charge in [0, 0.05) is 12.1 Å². The average molecular weight is 423 g/mol. The fourth-order valence-electron chi connectivity index (χ4n) is 3.40. The number of carbonyl (C=O) groups excluding carboxylic acids is 4. The van der Waals surface area contributed by atoms with Gasteiger partial charge in [0.05, 0.1) is 20.8 Å². The third kappa shape index (κ3) is 3.57. The summed E-state index contributed by atoms with van der Waals surface area (Å²) in [6, 6.07) is 7.23. The number of nitrogens with one attached hydrogen (secondary N) is 2. The van der Waals surface area contributed by atoms with E-state index in [0.29, 0.717) is 11.3 Å². The molecule has 1 aromatic carbocycles. The lowest BCUT2D eigenvalue weighted by Crippen LogP contribution is -2.54. The van der Waals surface area contributed by atoms with Gasteiger partial charge < -0.3 is 24.1 Å². The first kappa shape index (κ1) is 20.0. The van der Waals surface area contributed by atoms with Crippen LogP contribution in [0, 0.1) is 11.8 Å². The van der Waals surface area contributed by atoms with Crippen molar-refractivity contribution in [3.8, 4) is 17.6 Å². The molecule has 0 radical (unpaired) electrons. The van der Waals surface area contributed by atoms with Gasteiger partial charge in [0.25, 0.3) is 11.8 Å². The molecule has 1 fully saturated rings. The van der Waals surface area contributed by atoms with Crippen molar-refractivity contribution in [1.82, 2.24) is 15.5 Å². The highest BCUT2D eigenvalue weighted by Crippen LogP contribution is 2.28. The highest BCUT2D eigenvalue weighted by molar-refractivity contribution is 6.10. The first-order valence-corrected chi connectivity index (χ1v) is 9.16. The molecule has 1 saturated heterocycles. The predicted molar refractivity (Wildman–Crippen MR) is 104 cm³/mol. The number of methoxy groups -OCH3 is 2. The summed E-state index contributed by atoms with van der Waals surface area (Å²) in [6.07, 6.45) is 0. The number of nitrogens with zero attached hydrogens (tertiary/aromatic N) is 1. The molecule has 3 heterocycles. The van der Waals surface area contributed by atoms with Crippen molar-refractivity contribution in [3.63, 3.8) is 0 Å². The number of ether oxygens (including phenoxy) is 2. The van der Waals surface area contributed by atoms with E-state index in [2.05, 4.69) is 27.2 Å². The topological polar surface area (TPSA) is 127 Å². The maximum atomic E-state index is 12.9. The number of amides is 4. The molecule has 10 nitrogen and oxygen atoms in total. The zero-order valence-electron chi connectivity index (χ0n) is 16.6. The van der Waals surface area contributed by atoms with E-state index in [1.54, 1.807) is 18.2 Å². The molecule has 10 heteroatoms. The lowest BCUT2D eigenvalue weighted by Gasteiger charge is -2.26. The van der Waals surface area contributed by atoms with Gasteiger partial charge in [-0.2, -0.15) is 0 Å². The third-order valence-electron chi connectivity index (χ3n) is 4.96. The summed E-state index contributed by atoms with van der Waals surface area (Å²) in [4.78, 5) is 50.3. The molecule has 31 heavy (non-hydrogen) atoms. The van der Waals surface area contributed by atoms with Crippen LogP contribution in [0.15, 0.2) is 34.7 Å². The summed E-state index contributed by atoms with van der Waals surface area (Å²) in [5, 5.41) is 4.65. The normalized spacial score (nSPS) is 19.3. The van der Waals surface area contributed by atoms with Gasteiger partial charge in [-0.1, -0.05) is 12.0 Å². The molecule has 0 saturated carbocycles. The lowest BCUT2D eigenvalue weighted by molar-refractivity contribution is -0.122. The predicted octanol–water partition coefficient (Wildman–Crippen LogP) is 0.660. The zero-order valence-corrected chi connectivity index (χ0v) is 16.6. The highest BCUT2D eigenvalue weighted by atomic mass is 16.5. The molecule has 4 amide bonds. The summed E-state index contributed by atoms with van der Waals surface area (Å²) in [5.41, 5.74) is -0.453. The molecule has 2 aliphatic heterocycles. The second-order valence-corrected chi connectivity index (χ2v) is 6.90. The number of imide groups is 1. The monoisotopic (exact) mass is 423 g/mol. The summed E-state index contributed by atoms with van der Waals surface area (Å²) >= 11 is 0. The van der Waals surface area contributed by atoms with Crippen LogP contribution >= 0.6 is 0 Å². The number of hydrogen-bond donors (Lipinski definition) is 2. The maximum Gasteiger partial charge on any atom is 0.374 e.